The Labute approximate surface area is 154 Å². The summed E-state index contributed by atoms with van der Waals surface area (Å²) in [6, 6.07) is 18.2. The van der Waals surface area contributed by atoms with Crippen LogP contribution in [0.25, 0.3) is 11.5 Å². The zero-order chi connectivity index (χ0) is 18.4. The van der Waals surface area contributed by atoms with E-state index in [0.717, 1.165) is 34.8 Å². The van der Waals surface area contributed by atoms with Crippen LogP contribution in [0.2, 0.25) is 0 Å². The summed E-state index contributed by atoms with van der Waals surface area (Å²) in [6.45, 7) is 4.53. The first kappa shape index (κ1) is 17.8. The van der Waals surface area contributed by atoms with Gasteiger partial charge in [-0.05, 0) is 50.1 Å². The number of aryl methyl sites for hydroxylation is 3. The van der Waals surface area contributed by atoms with Crippen molar-refractivity contribution >= 4 is 0 Å². The lowest BCUT2D eigenvalue weighted by Crippen LogP contribution is -2.02. The molecule has 0 amide bonds. The summed E-state index contributed by atoms with van der Waals surface area (Å²) < 4.78 is 11.6. The number of hydrogen-bond acceptors (Lipinski definition) is 4. The average Bonchev–Trinajstić information content (AvgIpc) is 3.02. The molecule has 2 aromatic carbocycles. The summed E-state index contributed by atoms with van der Waals surface area (Å²) in [5.41, 5.74) is 4.25. The Morgan fingerprint density at radius 1 is 1.08 bits per heavy atom. The number of benzene rings is 2. The number of rotatable bonds is 7. The Morgan fingerprint density at radius 2 is 1.88 bits per heavy atom. The second kappa shape index (κ2) is 8.35. The van der Waals surface area contributed by atoms with Gasteiger partial charge in [0.25, 0.3) is 0 Å². The van der Waals surface area contributed by atoms with E-state index in [4.69, 9.17) is 14.4 Å². The van der Waals surface area contributed by atoms with Crippen LogP contribution in [0.3, 0.4) is 0 Å². The standard InChI is InChI=1S/C22H22N2O2/c1-16-5-3-7-19(15-16)22-24-21(17(2)26-22)12-14-25-20-10-8-18(9-11-20)6-4-13-23/h3,5,7-11,15H,4,6,12,14H2,1-2H3. The van der Waals surface area contributed by atoms with Crippen molar-refractivity contribution in [2.75, 3.05) is 6.61 Å². The third-order valence-corrected chi connectivity index (χ3v) is 4.21. The average molecular weight is 346 g/mol. The predicted octanol–water partition coefficient (Wildman–Crippen LogP) is 5.04. The summed E-state index contributed by atoms with van der Waals surface area (Å²) in [7, 11) is 0. The van der Waals surface area contributed by atoms with Crippen molar-refractivity contribution in [3.05, 3.63) is 71.1 Å². The van der Waals surface area contributed by atoms with Gasteiger partial charge < -0.3 is 9.15 Å². The largest absolute Gasteiger partial charge is 0.493 e. The molecule has 0 aliphatic rings. The summed E-state index contributed by atoms with van der Waals surface area (Å²) in [4.78, 5) is 4.62. The van der Waals surface area contributed by atoms with Crippen molar-refractivity contribution in [2.45, 2.75) is 33.1 Å². The van der Waals surface area contributed by atoms with Crippen molar-refractivity contribution < 1.29 is 9.15 Å². The smallest absolute Gasteiger partial charge is 0.226 e. The second-order valence-electron chi connectivity index (χ2n) is 6.29. The van der Waals surface area contributed by atoms with Gasteiger partial charge in [0.15, 0.2) is 0 Å². The molecule has 4 nitrogen and oxygen atoms in total. The Morgan fingerprint density at radius 3 is 2.62 bits per heavy atom. The fourth-order valence-electron chi connectivity index (χ4n) is 2.78. The molecule has 26 heavy (non-hydrogen) atoms. The van der Waals surface area contributed by atoms with Gasteiger partial charge in [-0.1, -0.05) is 29.8 Å². The van der Waals surface area contributed by atoms with Gasteiger partial charge in [-0.25, -0.2) is 4.98 Å². The third kappa shape index (κ3) is 4.52. The Bertz CT molecular complexity index is 905. The van der Waals surface area contributed by atoms with Crippen molar-refractivity contribution in [2.24, 2.45) is 0 Å². The van der Waals surface area contributed by atoms with E-state index in [-0.39, 0.29) is 0 Å². The molecule has 132 valence electrons. The predicted molar refractivity (Wildman–Crippen MR) is 101 cm³/mol. The first-order chi connectivity index (χ1) is 12.7. The highest BCUT2D eigenvalue weighted by Crippen LogP contribution is 2.23. The molecule has 3 aromatic rings. The Kier molecular flexibility index (Phi) is 5.70. The second-order valence-corrected chi connectivity index (χ2v) is 6.29. The third-order valence-electron chi connectivity index (χ3n) is 4.21. The fraction of sp³-hybridized carbons (Fsp3) is 0.273. The van der Waals surface area contributed by atoms with Crippen LogP contribution in [-0.2, 0) is 12.8 Å². The summed E-state index contributed by atoms with van der Waals surface area (Å²) in [5, 5.41) is 8.63. The molecule has 3 rings (SSSR count). The molecule has 0 radical (unpaired) electrons. The highest BCUT2D eigenvalue weighted by molar-refractivity contribution is 5.54. The molecule has 1 heterocycles. The molecule has 0 aliphatic carbocycles. The van der Waals surface area contributed by atoms with Gasteiger partial charge in [-0.3, -0.25) is 0 Å². The minimum absolute atomic E-state index is 0.537. The maximum Gasteiger partial charge on any atom is 0.226 e. The lowest BCUT2D eigenvalue weighted by Gasteiger charge is -2.06. The SMILES string of the molecule is Cc1cccc(-c2nc(CCOc3ccc(CCC#N)cc3)c(C)o2)c1. The highest BCUT2D eigenvalue weighted by atomic mass is 16.5. The Hall–Kier alpha value is -3.06. The van der Waals surface area contributed by atoms with Crippen LogP contribution in [0, 0.1) is 25.2 Å². The molecule has 0 unspecified atom stereocenters. The minimum atomic E-state index is 0.537. The van der Waals surface area contributed by atoms with Crippen LogP contribution in [0.5, 0.6) is 5.75 Å². The number of oxazole rings is 1. The summed E-state index contributed by atoms with van der Waals surface area (Å²) in [5.74, 6) is 2.31. The lowest BCUT2D eigenvalue weighted by molar-refractivity contribution is 0.320. The molecule has 0 saturated heterocycles. The van der Waals surface area contributed by atoms with Gasteiger partial charge in [0.1, 0.15) is 11.5 Å². The molecule has 0 fully saturated rings. The van der Waals surface area contributed by atoms with Crippen LogP contribution in [-0.4, -0.2) is 11.6 Å². The van der Waals surface area contributed by atoms with Crippen LogP contribution in [0.1, 0.15) is 29.0 Å². The van der Waals surface area contributed by atoms with E-state index in [2.05, 4.69) is 30.1 Å². The van der Waals surface area contributed by atoms with Gasteiger partial charge >= 0.3 is 0 Å². The molecular weight excluding hydrogens is 324 g/mol. The van der Waals surface area contributed by atoms with Gasteiger partial charge in [0, 0.05) is 18.4 Å². The maximum atomic E-state index is 8.63. The van der Waals surface area contributed by atoms with E-state index >= 15 is 0 Å². The number of aromatic nitrogens is 1. The molecule has 0 saturated carbocycles. The van der Waals surface area contributed by atoms with E-state index in [1.54, 1.807) is 0 Å². The van der Waals surface area contributed by atoms with Gasteiger partial charge in [-0.2, -0.15) is 5.26 Å². The maximum absolute atomic E-state index is 8.63. The lowest BCUT2D eigenvalue weighted by atomic mass is 10.1. The zero-order valence-corrected chi connectivity index (χ0v) is 15.2. The highest BCUT2D eigenvalue weighted by Gasteiger charge is 2.11. The van der Waals surface area contributed by atoms with Crippen LogP contribution in [0.15, 0.2) is 52.9 Å². The van der Waals surface area contributed by atoms with Crippen molar-refractivity contribution in [3.8, 4) is 23.3 Å². The molecule has 0 atom stereocenters. The summed E-state index contributed by atoms with van der Waals surface area (Å²) in [6.07, 6.45) is 2.00. The molecular formula is C22H22N2O2. The van der Waals surface area contributed by atoms with Crippen molar-refractivity contribution in [1.82, 2.24) is 4.98 Å². The topological polar surface area (TPSA) is 59.0 Å². The number of hydrogen-bond donors (Lipinski definition) is 0. The van der Waals surface area contributed by atoms with Gasteiger partial charge in [0.2, 0.25) is 5.89 Å². The van der Waals surface area contributed by atoms with Crippen LogP contribution in [0.4, 0.5) is 0 Å². The first-order valence-corrected chi connectivity index (χ1v) is 8.78. The fourth-order valence-corrected chi connectivity index (χ4v) is 2.78. The van der Waals surface area contributed by atoms with E-state index in [9.17, 15) is 0 Å². The van der Waals surface area contributed by atoms with E-state index in [0.29, 0.717) is 25.3 Å². The zero-order valence-electron chi connectivity index (χ0n) is 15.2. The minimum Gasteiger partial charge on any atom is -0.493 e. The van der Waals surface area contributed by atoms with E-state index in [1.807, 2.05) is 43.3 Å². The van der Waals surface area contributed by atoms with Gasteiger partial charge in [0.05, 0.1) is 18.4 Å². The molecule has 0 bridgehead atoms. The number of ether oxygens (including phenoxy) is 1. The van der Waals surface area contributed by atoms with Crippen LogP contribution < -0.4 is 4.74 Å². The van der Waals surface area contributed by atoms with Gasteiger partial charge in [-0.15, -0.1) is 0 Å². The van der Waals surface area contributed by atoms with E-state index < -0.39 is 0 Å². The van der Waals surface area contributed by atoms with Crippen LogP contribution >= 0.6 is 0 Å². The molecule has 0 N–H and O–H groups in total. The summed E-state index contributed by atoms with van der Waals surface area (Å²) >= 11 is 0. The quantitative estimate of drug-likeness (QED) is 0.601. The first-order valence-electron chi connectivity index (χ1n) is 8.78. The molecule has 4 heteroatoms. The monoisotopic (exact) mass is 346 g/mol. The Balaban J connectivity index is 1.58. The molecule has 0 aliphatic heterocycles. The van der Waals surface area contributed by atoms with Crippen molar-refractivity contribution in [1.29, 1.82) is 5.26 Å². The molecule has 1 aromatic heterocycles. The molecule has 0 spiro atoms. The van der Waals surface area contributed by atoms with Crippen molar-refractivity contribution in [3.63, 3.8) is 0 Å². The number of nitrogens with zero attached hydrogens (tertiary/aromatic N) is 2. The van der Waals surface area contributed by atoms with E-state index in [1.165, 1.54) is 5.56 Å². The normalized spacial score (nSPS) is 10.5. The number of nitriles is 1.